The molecule has 1 aliphatic rings. The van der Waals surface area contributed by atoms with E-state index in [0.29, 0.717) is 24.5 Å². The Hall–Kier alpha value is -2.24. The third-order valence-electron chi connectivity index (χ3n) is 3.30. The second kappa shape index (κ2) is 6.68. The Morgan fingerprint density at radius 2 is 2.18 bits per heavy atom. The first-order chi connectivity index (χ1) is 10.4. The van der Waals surface area contributed by atoms with Crippen molar-refractivity contribution < 1.29 is 24.2 Å². The minimum atomic E-state index is -0.870. The van der Waals surface area contributed by atoms with E-state index in [1.54, 1.807) is 6.07 Å². The molecule has 0 spiro atoms. The van der Waals surface area contributed by atoms with Crippen LogP contribution in [0.1, 0.15) is 32.3 Å². The van der Waals surface area contributed by atoms with Crippen molar-refractivity contribution in [3.63, 3.8) is 0 Å². The van der Waals surface area contributed by atoms with Gasteiger partial charge >= 0.3 is 5.97 Å². The summed E-state index contributed by atoms with van der Waals surface area (Å²) in [6.07, 6.45) is 1.25. The fourth-order valence-corrected chi connectivity index (χ4v) is 2.36. The second-order valence-electron chi connectivity index (χ2n) is 5.92. The molecule has 1 aromatic carbocycles. The van der Waals surface area contributed by atoms with Gasteiger partial charge in [-0.25, -0.2) is 0 Å². The fourth-order valence-electron chi connectivity index (χ4n) is 2.36. The summed E-state index contributed by atoms with van der Waals surface area (Å²) < 4.78 is 11.4. The summed E-state index contributed by atoms with van der Waals surface area (Å²) >= 11 is 0. The molecule has 0 bridgehead atoms. The fraction of sp³-hybridized carbons (Fsp3) is 0.500. The van der Waals surface area contributed by atoms with Gasteiger partial charge in [-0.2, -0.15) is 0 Å². The van der Waals surface area contributed by atoms with Gasteiger partial charge in [-0.1, -0.05) is 12.1 Å². The molecule has 120 valence electrons. The molecule has 22 heavy (non-hydrogen) atoms. The number of aliphatic carboxylic acids is 1. The lowest BCUT2D eigenvalue weighted by Crippen LogP contribution is -2.30. The van der Waals surface area contributed by atoms with Crippen molar-refractivity contribution in [3.05, 3.63) is 23.8 Å². The van der Waals surface area contributed by atoms with Gasteiger partial charge < -0.3 is 19.9 Å². The quantitative estimate of drug-likeness (QED) is 0.750. The van der Waals surface area contributed by atoms with E-state index in [1.165, 1.54) is 0 Å². The van der Waals surface area contributed by atoms with E-state index in [-0.39, 0.29) is 24.5 Å². The number of carbonyl (C=O) groups is 2. The van der Waals surface area contributed by atoms with Gasteiger partial charge in [0.05, 0.1) is 0 Å². The summed E-state index contributed by atoms with van der Waals surface area (Å²) in [4.78, 5) is 22.0. The maximum atomic E-state index is 11.7. The van der Waals surface area contributed by atoms with E-state index in [2.05, 4.69) is 5.32 Å². The van der Waals surface area contributed by atoms with E-state index >= 15 is 0 Å². The summed E-state index contributed by atoms with van der Waals surface area (Å²) in [5, 5.41) is 11.1. The molecule has 0 atom stereocenters. The molecule has 0 unspecified atom stereocenters. The zero-order valence-electron chi connectivity index (χ0n) is 12.8. The van der Waals surface area contributed by atoms with Gasteiger partial charge in [-0.15, -0.1) is 0 Å². The average Bonchev–Trinajstić information content (AvgIpc) is 2.75. The minimum Gasteiger partial charge on any atom is -0.483 e. The lowest BCUT2D eigenvalue weighted by atomic mass is 10.0. The second-order valence-corrected chi connectivity index (χ2v) is 5.92. The number of para-hydroxylation sites is 1. The van der Waals surface area contributed by atoms with Gasteiger partial charge in [0.25, 0.3) is 5.91 Å². The number of carboxylic acid groups (broad SMARTS) is 1. The van der Waals surface area contributed by atoms with Crippen LogP contribution in [0.25, 0.3) is 0 Å². The standard InChI is InChI=1S/C16H21NO5/c1-16(2)9-11-5-3-6-12(15(11)22-16)21-10-13(18)17-8-4-7-14(19)20/h3,5-6H,4,7-10H2,1-2H3,(H,17,18)(H,19,20). The predicted octanol–water partition coefficient (Wildman–Crippen LogP) is 1.76. The molecular formula is C16H21NO5. The maximum Gasteiger partial charge on any atom is 0.303 e. The van der Waals surface area contributed by atoms with Crippen molar-refractivity contribution >= 4 is 11.9 Å². The number of fused-ring (bicyclic) bond motifs is 1. The summed E-state index contributed by atoms with van der Waals surface area (Å²) in [7, 11) is 0. The largest absolute Gasteiger partial charge is 0.483 e. The van der Waals surface area contributed by atoms with Crippen LogP contribution >= 0.6 is 0 Å². The van der Waals surface area contributed by atoms with Crippen LogP contribution in [-0.2, 0) is 16.0 Å². The number of rotatable bonds is 7. The van der Waals surface area contributed by atoms with Gasteiger partial charge in [-0.3, -0.25) is 9.59 Å². The third-order valence-corrected chi connectivity index (χ3v) is 3.30. The molecule has 0 radical (unpaired) electrons. The van der Waals surface area contributed by atoms with Gasteiger partial charge in [0.15, 0.2) is 18.1 Å². The Morgan fingerprint density at radius 3 is 2.91 bits per heavy atom. The molecule has 1 heterocycles. The Labute approximate surface area is 129 Å². The molecule has 0 saturated heterocycles. The molecule has 1 aromatic rings. The number of carbonyl (C=O) groups excluding carboxylic acids is 1. The normalized spacial score (nSPS) is 14.8. The van der Waals surface area contributed by atoms with Crippen LogP contribution < -0.4 is 14.8 Å². The number of amides is 1. The van der Waals surface area contributed by atoms with Crippen molar-refractivity contribution in [3.8, 4) is 11.5 Å². The zero-order valence-corrected chi connectivity index (χ0v) is 12.8. The SMILES string of the molecule is CC1(C)Cc2cccc(OCC(=O)NCCCC(=O)O)c2O1. The highest BCUT2D eigenvalue weighted by molar-refractivity contribution is 5.77. The first kappa shape index (κ1) is 16.1. The molecule has 6 nitrogen and oxygen atoms in total. The van der Waals surface area contributed by atoms with Crippen molar-refractivity contribution in [1.82, 2.24) is 5.32 Å². The van der Waals surface area contributed by atoms with E-state index in [1.807, 2.05) is 26.0 Å². The molecule has 0 saturated carbocycles. The van der Waals surface area contributed by atoms with Crippen molar-refractivity contribution in [2.75, 3.05) is 13.2 Å². The zero-order chi connectivity index (χ0) is 16.2. The Kier molecular flexibility index (Phi) is 4.90. The highest BCUT2D eigenvalue weighted by Gasteiger charge is 2.32. The monoisotopic (exact) mass is 307 g/mol. The van der Waals surface area contributed by atoms with Crippen LogP contribution in [0, 0.1) is 0 Å². The maximum absolute atomic E-state index is 11.7. The lowest BCUT2D eigenvalue weighted by molar-refractivity contribution is -0.137. The van der Waals surface area contributed by atoms with Crippen molar-refractivity contribution in [2.24, 2.45) is 0 Å². The average molecular weight is 307 g/mol. The number of ether oxygens (including phenoxy) is 2. The molecule has 1 amide bonds. The number of nitrogens with one attached hydrogen (secondary N) is 1. The van der Waals surface area contributed by atoms with Gasteiger partial charge in [0.2, 0.25) is 0 Å². The van der Waals surface area contributed by atoms with Crippen LogP contribution in [0.3, 0.4) is 0 Å². The van der Waals surface area contributed by atoms with Crippen molar-refractivity contribution in [1.29, 1.82) is 0 Å². The van der Waals surface area contributed by atoms with Crippen molar-refractivity contribution in [2.45, 2.75) is 38.7 Å². The Balaban J connectivity index is 1.82. The number of hydrogen-bond acceptors (Lipinski definition) is 4. The lowest BCUT2D eigenvalue weighted by Gasteiger charge is -2.18. The van der Waals surface area contributed by atoms with Crippen LogP contribution in [0.2, 0.25) is 0 Å². The Bertz CT molecular complexity index is 568. The van der Waals surface area contributed by atoms with Gasteiger partial charge in [0.1, 0.15) is 5.60 Å². The predicted molar refractivity (Wildman–Crippen MR) is 80.2 cm³/mol. The van der Waals surface area contributed by atoms with E-state index in [4.69, 9.17) is 14.6 Å². The third kappa shape index (κ3) is 4.38. The molecule has 1 aliphatic heterocycles. The number of benzene rings is 1. The van der Waals surface area contributed by atoms with E-state index < -0.39 is 5.97 Å². The Morgan fingerprint density at radius 1 is 1.41 bits per heavy atom. The molecule has 6 heteroatoms. The molecule has 2 N–H and O–H groups in total. The molecule has 2 rings (SSSR count). The molecular weight excluding hydrogens is 286 g/mol. The molecule has 0 aliphatic carbocycles. The first-order valence-electron chi connectivity index (χ1n) is 7.29. The number of carboxylic acids is 1. The molecule has 0 aromatic heterocycles. The minimum absolute atomic E-state index is 0.0379. The summed E-state index contributed by atoms with van der Waals surface area (Å²) in [6.45, 7) is 4.22. The summed E-state index contributed by atoms with van der Waals surface area (Å²) in [5.41, 5.74) is 0.810. The van der Waals surface area contributed by atoms with Crippen LogP contribution in [0.15, 0.2) is 18.2 Å². The van der Waals surface area contributed by atoms with Gasteiger partial charge in [0, 0.05) is 24.9 Å². The van der Waals surface area contributed by atoms with Crippen LogP contribution in [0.5, 0.6) is 11.5 Å². The smallest absolute Gasteiger partial charge is 0.303 e. The van der Waals surface area contributed by atoms with Crippen LogP contribution in [0.4, 0.5) is 0 Å². The molecule has 0 fully saturated rings. The van der Waals surface area contributed by atoms with E-state index in [0.717, 1.165) is 12.0 Å². The highest BCUT2D eigenvalue weighted by atomic mass is 16.5. The summed E-state index contributed by atoms with van der Waals surface area (Å²) in [6, 6.07) is 5.64. The first-order valence-corrected chi connectivity index (χ1v) is 7.29. The topological polar surface area (TPSA) is 84.9 Å². The highest BCUT2D eigenvalue weighted by Crippen LogP contribution is 2.41. The van der Waals surface area contributed by atoms with E-state index in [9.17, 15) is 9.59 Å². The summed E-state index contributed by atoms with van der Waals surface area (Å²) in [5.74, 6) is 0.111. The number of hydrogen-bond donors (Lipinski definition) is 2. The van der Waals surface area contributed by atoms with Gasteiger partial charge in [-0.05, 0) is 26.3 Å². The van der Waals surface area contributed by atoms with Crippen LogP contribution in [-0.4, -0.2) is 35.7 Å².